The molecule has 0 bridgehead atoms. The molecule has 0 spiro atoms. The molecule has 0 unspecified atom stereocenters. The van der Waals surface area contributed by atoms with Gasteiger partial charge in [-0.1, -0.05) is 30.7 Å². The van der Waals surface area contributed by atoms with Gasteiger partial charge in [0.25, 0.3) is 11.8 Å². The maximum Gasteiger partial charge on any atom is 0.278 e. The maximum absolute atomic E-state index is 13.0. The van der Waals surface area contributed by atoms with E-state index in [1.807, 2.05) is 6.92 Å². The zero-order valence-electron chi connectivity index (χ0n) is 15.9. The quantitative estimate of drug-likeness (QED) is 0.712. The van der Waals surface area contributed by atoms with Gasteiger partial charge in [0.15, 0.2) is 0 Å². The van der Waals surface area contributed by atoms with Crippen LogP contribution >= 0.6 is 11.6 Å². The minimum absolute atomic E-state index is 0.219. The predicted octanol–water partition coefficient (Wildman–Crippen LogP) is 3.96. The molecule has 0 atom stereocenters. The van der Waals surface area contributed by atoms with Crippen LogP contribution in [0.2, 0.25) is 5.02 Å². The lowest BCUT2D eigenvalue weighted by Gasteiger charge is -2.14. The molecule has 0 saturated heterocycles. The Kier molecular flexibility index (Phi) is 5.90. The molecule has 146 valence electrons. The van der Waals surface area contributed by atoms with E-state index < -0.39 is 0 Å². The first kappa shape index (κ1) is 19.8. The summed E-state index contributed by atoms with van der Waals surface area (Å²) in [5.41, 5.74) is 1.74. The fourth-order valence-electron chi connectivity index (χ4n) is 3.03. The van der Waals surface area contributed by atoms with Gasteiger partial charge in [-0.05, 0) is 24.1 Å². The predicted molar refractivity (Wildman–Crippen MR) is 109 cm³/mol. The van der Waals surface area contributed by atoms with Crippen molar-refractivity contribution in [2.75, 3.05) is 26.1 Å². The molecular formula is C21H21ClN2O4. The SMILES string of the molecule is CCCN1C(=O)C(Nc2cc(OC)cc(OC)c2)=C(c2ccc(Cl)cc2)C1=O. The van der Waals surface area contributed by atoms with Crippen molar-refractivity contribution in [1.29, 1.82) is 0 Å². The first-order chi connectivity index (χ1) is 13.5. The van der Waals surface area contributed by atoms with Gasteiger partial charge in [-0.3, -0.25) is 14.5 Å². The van der Waals surface area contributed by atoms with Crippen molar-refractivity contribution in [3.8, 4) is 11.5 Å². The van der Waals surface area contributed by atoms with Crippen LogP contribution in [0.1, 0.15) is 18.9 Å². The number of amides is 2. The fraction of sp³-hybridized carbons (Fsp3) is 0.238. The lowest BCUT2D eigenvalue weighted by molar-refractivity contribution is -0.136. The number of imide groups is 1. The number of hydrogen-bond donors (Lipinski definition) is 1. The van der Waals surface area contributed by atoms with Crippen molar-refractivity contribution in [1.82, 2.24) is 4.90 Å². The van der Waals surface area contributed by atoms with Crippen LogP contribution in [-0.4, -0.2) is 37.5 Å². The first-order valence-electron chi connectivity index (χ1n) is 8.85. The van der Waals surface area contributed by atoms with Crippen molar-refractivity contribution in [3.63, 3.8) is 0 Å². The van der Waals surface area contributed by atoms with Crippen molar-refractivity contribution < 1.29 is 19.1 Å². The summed E-state index contributed by atoms with van der Waals surface area (Å²) < 4.78 is 10.6. The molecule has 2 aromatic carbocycles. The van der Waals surface area contributed by atoms with E-state index >= 15 is 0 Å². The molecule has 0 aromatic heterocycles. The van der Waals surface area contributed by atoms with Crippen molar-refractivity contribution in [2.45, 2.75) is 13.3 Å². The second-order valence-corrected chi connectivity index (χ2v) is 6.68. The summed E-state index contributed by atoms with van der Waals surface area (Å²) in [4.78, 5) is 27.2. The minimum Gasteiger partial charge on any atom is -0.497 e. The highest BCUT2D eigenvalue weighted by Crippen LogP contribution is 2.33. The van der Waals surface area contributed by atoms with E-state index in [0.717, 1.165) is 0 Å². The third kappa shape index (κ3) is 3.82. The summed E-state index contributed by atoms with van der Waals surface area (Å²) in [6.07, 6.45) is 0.672. The lowest BCUT2D eigenvalue weighted by Crippen LogP contribution is -2.33. The standard InChI is InChI=1S/C21H21ClN2O4/c1-4-9-24-20(25)18(13-5-7-14(22)8-6-13)19(21(24)26)23-15-10-16(27-2)12-17(11-15)28-3/h5-8,10-12,23H,4,9H2,1-3H3. The first-order valence-corrected chi connectivity index (χ1v) is 9.22. The van der Waals surface area contributed by atoms with Crippen LogP contribution in [0.15, 0.2) is 48.2 Å². The van der Waals surface area contributed by atoms with Gasteiger partial charge in [0.2, 0.25) is 0 Å². The number of halogens is 1. The van der Waals surface area contributed by atoms with Crippen molar-refractivity contribution >= 4 is 34.7 Å². The lowest BCUT2D eigenvalue weighted by atomic mass is 10.0. The molecule has 3 rings (SSSR count). The summed E-state index contributed by atoms with van der Waals surface area (Å²) in [7, 11) is 3.09. The van der Waals surface area contributed by atoms with Crippen LogP contribution in [0.4, 0.5) is 5.69 Å². The van der Waals surface area contributed by atoms with E-state index in [0.29, 0.717) is 46.3 Å². The Balaban J connectivity index is 2.08. The third-order valence-corrected chi connectivity index (χ3v) is 4.62. The van der Waals surface area contributed by atoms with Gasteiger partial charge in [-0.15, -0.1) is 0 Å². The molecule has 6 nitrogen and oxygen atoms in total. The number of ether oxygens (including phenoxy) is 2. The normalized spacial score (nSPS) is 13.9. The zero-order chi connectivity index (χ0) is 20.3. The van der Waals surface area contributed by atoms with Gasteiger partial charge in [0.1, 0.15) is 17.2 Å². The number of nitrogens with one attached hydrogen (secondary N) is 1. The molecule has 1 aliphatic heterocycles. The molecule has 1 N–H and O–H groups in total. The van der Waals surface area contributed by atoms with E-state index in [1.54, 1.807) is 56.7 Å². The molecule has 0 fully saturated rings. The molecule has 2 aromatic rings. The van der Waals surface area contributed by atoms with Gasteiger partial charge < -0.3 is 14.8 Å². The number of benzene rings is 2. The van der Waals surface area contributed by atoms with Crippen LogP contribution < -0.4 is 14.8 Å². The van der Waals surface area contributed by atoms with Gasteiger partial charge >= 0.3 is 0 Å². The topological polar surface area (TPSA) is 67.9 Å². The van der Waals surface area contributed by atoms with Crippen LogP contribution in [0.25, 0.3) is 5.57 Å². The summed E-state index contributed by atoms with van der Waals surface area (Å²) in [6.45, 7) is 2.27. The molecule has 0 saturated carbocycles. The molecule has 1 heterocycles. The summed E-state index contributed by atoms with van der Waals surface area (Å²) >= 11 is 5.97. The number of methoxy groups -OCH3 is 2. The number of hydrogen-bond acceptors (Lipinski definition) is 5. The Bertz CT molecular complexity index is 916. The summed E-state index contributed by atoms with van der Waals surface area (Å²) in [5.74, 6) is 0.445. The second kappa shape index (κ2) is 8.35. The molecule has 2 amide bonds. The zero-order valence-corrected chi connectivity index (χ0v) is 16.7. The Hall–Kier alpha value is -2.99. The van der Waals surface area contributed by atoms with Crippen molar-refractivity contribution in [3.05, 3.63) is 58.7 Å². The monoisotopic (exact) mass is 400 g/mol. The van der Waals surface area contributed by atoms with Crippen LogP contribution in [0, 0.1) is 0 Å². The Labute approximate surface area is 168 Å². The molecule has 28 heavy (non-hydrogen) atoms. The average molecular weight is 401 g/mol. The molecule has 0 radical (unpaired) electrons. The molecule has 7 heteroatoms. The largest absolute Gasteiger partial charge is 0.497 e. The van der Waals surface area contributed by atoms with Gasteiger partial charge in [-0.2, -0.15) is 0 Å². The smallest absolute Gasteiger partial charge is 0.278 e. The number of rotatable bonds is 7. The summed E-state index contributed by atoms with van der Waals surface area (Å²) in [6, 6.07) is 12.0. The molecular weight excluding hydrogens is 380 g/mol. The summed E-state index contributed by atoms with van der Waals surface area (Å²) in [5, 5.41) is 3.65. The van der Waals surface area contributed by atoms with E-state index in [2.05, 4.69) is 5.32 Å². The van der Waals surface area contributed by atoms with Gasteiger partial charge in [0.05, 0.1) is 19.8 Å². The minimum atomic E-state index is -0.362. The van der Waals surface area contributed by atoms with Gasteiger partial charge in [0, 0.05) is 35.5 Å². The van der Waals surface area contributed by atoms with Crippen molar-refractivity contribution in [2.24, 2.45) is 0 Å². The van der Waals surface area contributed by atoms with E-state index in [4.69, 9.17) is 21.1 Å². The third-order valence-electron chi connectivity index (χ3n) is 4.37. The number of carbonyl (C=O) groups excluding carboxylic acids is 2. The highest BCUT2D eigenvalue weighted by atomic mass is 35.5. The van der Waals surface area contributed by atoms with E-state index in [9.17, 15) is 9.59 Å². The van der Waals surface area contributed by atoms with Gasteiger partial charge in [-0.25, -0.2) is 0 Å². The van der Waals surface area contributed by atoms with Crippen LogP contribution in [-0.2, 0) is 9.59 Å². The number of anilines is 1. The Morgan fingerprint density at radius 1 is 0.964 bits per heavy atom. The fourth-order valence-corrected chi connectivity index (χ4v) is 3.15. The Morgan fingerprint density at radius 3 is 2.11 bits per heavy atom. The molecule has 1 aliphatic rings. The highest BCUT2D eigenvalue weighted by molar-refractivity contribution is 6.36. The van der Waals surface area contributed by atoms with E-state index in [-0.39, 0.29) is 17.5 Å². The second-order valence-electron chi connectivity index (χ2n) is 6.25. The van der Waals surface area contributed by atoms with Crippen LogP contribution in [0.5, 0.6) is 11.5 Å². The number of nitrogens with zero attached hydrogens (tertiary/aromatic N) is 1. The van der Waals surface area contributed by atoms with E-state index in [1.165, 1.54) is 4.90 Å². The molecule has 0 aliphatic carbocycles. The van der Waals surface area contributed by atoms with Crippen LogP contribution in [0.3, 0.4) is 0 Å². The maximum atomic E-state index is 13.0. The number of carbonyl (C=O) groups is 2. The highest BCUT2D eigenvalue weighted by Gasteiger charge is 2.38. The Morgan fingerprint density at radius 2 is 1.57 bits per heavy atom. The average Bonchev–Trinajstić information content (AvgIpc) is 2.93.